The minimum atomic E-state index is -2.72. The number of rotatable bonds is 4. The van der Waals surface area contributed by atoms with Crippen LogP contribution in [0.2, 0.25) is 0 Å². The Balaban J connectivity index is 1.40. The number of carbonyl (C=O) groups excluding carboxylic acids is 3. The molecule has 0 spiro atoms. The zero-order valence-electron chi connectivity index (χ0n) is 23.2. The van der Waals surface area contributed by atoms with Gasteiger partial charge in [0, 0.05) is 42.3 Å². The molecule has 6 N–H and O–H groups in total. The van der Waals surface area contributed by atoms with Gasteiger partial charge in [-0.05, 0) is 63.6 Å². The van der Waals surface area contributed by atoms with Crippen molar-refractivity contribution < 1.29 is 39.2 Å². The number of aliphatic hydroxyl groups is 3. The zero-order valence-corrected chi connectivity index (χ0v) is 23.2. The second kappa shape index (κ2) is 9.64. The summed E-state index contributed by atoms with van der Waals surface area (Å²) >= 11 is 0. The highest BCUT2D eigenvalue weighted by molar-refractivity contribution is 6.24. The largest absolute Gasteiger partial charge is 0.510 e. The summed E-state index contributed by atoms with van der Waals surface area (Å²) in [5.74, 6) is -6.84. The van der Waals surface area contributed by atoms with E-state index in [4.69, 9.17) is 5.73 Å². The van der Waals surface area contributed by atoms with Crippen molar-refractivity contribution in [2.24, 2.45) is 29.4 Å². The molecular formula is C30H36FN3O7. The third kappa shape index (κ3) is 3.96. The number of primary amides is 1. The lowest BCUT2D eigenvalue weighted by Gasteiger charge is -2.50. The van der Waals surface area contributed by atoms with Crippen molar-refractivity contribution >= 4 is 17.5 Å². The third-order valence-electron chi connectivity index (χ3n) is 10.2. The van der Waals surface area contributed by atoms with Crippen LogP contribution >= 0.6 is 0 Å². The molecule has 1 saturated carbocycles. The number of nitrogens with zero attached hydrogens (tertiary/aromatic N) is 2. The van der Waals surface area contributed by atoms with Crippen LogP contribution in [0.1, 0.15) is 53.6 Å². The van der Waals surface area contributed by atoms with Crippen LogP contribution in [0.25, 0.3) is 0 Å². The SMILES string of the molecule is CN(C)[C@@H]1C(O)=C(C(N)=O)C(=O)[C@@]2(O)C(O)=C3C(=O)c4c(O)cc(CN5CC6CCCCC6C5)c(F)c4C[C@H]3C[C@@H]12. The smallest absolute Gasteiger partial charge is 0.255 e. The fraction of sp³-hybridized carbons (Fsp3) is 0.567. The first kappa shape index (κ1) is 27.9. The summed E-state index contributed by atoms with van der Waals surface area (Å²) < 4.78 is 16.1. The number of hydrogen-bond donors (Lipinski definition) is 5. The van der Waals surface area contributed by atoms with E-state index in [9.17, 15) is 34.8 Å². The van der Waals surface area contributed by atoms with Gasteiger partial charge >= 0.3 is 0 Å². The number of halogens is 1. The van der Waals surface area contributed by atoms with Crippen molar-refractivity contribution in [1.82, 2.24) is 9.80 Å². The minimum Gasteiger partial charge on any atom is -0.510 e. The van der Waals surface area contributed by atoms with E-state index in [1.54, 1.807) is 14.1 Å². The number of likely N-dealkylation sites (N-methyl/N-ethyl adjacent to an activating group) is 1. The Morgan fingerprint density at radius 1 is 1.15 bits per heavy atom. The van der Waals surface area contributed by atoms with Gasteiger partial charge in [-0.25, -0.2) is 4.39 Å². The summed E-state index contributed by atoms with van der Waals surface area (Å²) in [4.78, 5) is 42.9. The molecule has 220 valence electrons. The molecule has 5 aliphatic rings. The van der Waals surface area contributed by atoms with Crippen LogP contribution < -0.4 is 5.73 Å². The predicted molar refractivity (Wildman–Crippen MR) is 144 cm³/mol. The number of amides is 1. The van der Waals surface area contributed by atoms with Crippen LogP contribution in [-0.2, 0) is 22.6 Å². The van der Waals surface area contributed by atoms with Crippen LogP contribution in [0.15, 0.2) is 28.7 Å². The number of fused-ring (bicyclic) bond motifs is 4. The molecular weight excluding hydrogens is 533 g/mol. The maximum absolute atomic E-state index is 16.1. The number of nitrogens with two attached hydrogens (primary N) is 1. The molecule has 2 fully saturated rings. The van der Waals surface area contributed by atoms with E-state index in [-0.39, 0.29) is 29.5 Å². The number of hydrogen-bond acceptors (Lipinski definition) is 9. The molecule has 1 heterocycles. The molecule has 0 radical (unpaired) electrons. The molecule has 0 aromatic heterocycles. The number of phenols is 1. The van der Waals surface area contributed by atoms with Gasteiger partial charge in [0.15, 0.2) is 11.4 Å². The topological polar surface area (TPSA) is 165 Å². The molecule has 41 heavy (non-hydrogen) atoms. The molecule has 6 atom stereocenters. The minimum absolute atomic E-state index is 0.0368. The van der Waals surface area contributed by atoms with Crippen molar-refractivity contribution in [2.75, 3.05) is 27.2 Å². The number of benzene rings is 1. The monoisotopic (exact) mass is 569 g/mol. The van der Waals surface area contributed by atoms with E-state index >= 15 is 4.39 Å². The lowest BCUT2D eigenvalue weighted by atomic mass is 9.58. The van der Waals surface area contributed by atoms with Gasteiger partial charge in [-0.2, -0.15) is 0 Å². The van der Waals surface area contributed by atoms with Crippen LogP contribution in [0.4, 0.5) is 4.39 Å². The van der Waals surface area contributed by atoms with Gasteiger partial charge < -0.3 is 26.2 Å². The fourth-order valence-electron chi connectivity index (χ4n) is 8.34. The Hall–Kier alpha value is -3.28. The zero-order chi connectivity index (χ0) is 29.5. The maximum atomic E-state index is 16.1. The Kier molecular flexibility index (Phi) is 6.55. The number of aromatic hydroxyl groups is 1. The summed E-state index contributed by atoms with van der Waals surface area (Å²) in [7, 11) is 3.12. The molecule has 1 aromatic rings. The van der Waals surface area contributed by atoms with E-state index in [2.05, 4.69) is 4.90 Å². The normalized spacial score (nSPS) is 33.5. The van der Waals surface area contributed by atoms with Gasteiger partial charge in [0.2, 0.25) is 5.78 Å². The first-order valence-electron chi connectivity index (χ1n) is 14.3. The Bertz CT molecular complexity index is 1420. The van der Waals surface area contributed by atoms with Crippen molar-refractivity contribution in [2.45, 2.75) is 56.7 Å². The summed E-state index contributed by atoms with van der Waals surface area (Å²) in [6.45, 7) is 2.05. The van der Waals surface area contributed by atoms with Crippen molar-refractivity contribution in [3.63, 3.8) is 0 Å². The molecule has 6 rings (SSSR count). The molecule has 0 bridgehead atoms. The summed E-state index contributed by atoms with van der Waals surface area (Å²) in [6.07, 6.45) is 4.62. The summed E-state index contributed by atoms with van der Waals surface area (Å²) in [5.41, 5.74) is 1.50. The standard InChI is InChI=1S/C30H36FN3O7/c1-33(2)24-18-8-15-7-17-21(25(36)20(15)27(38)30(18,41)28(39)22(26(24)37)29(32)40)19(35)9-16(23(17)31)12-34-10-13-5-3-4-6-14(13)11-34/h9,13-15,18,24,35,37-38,41H,3-8,10-12H2,1-2H3,(H2,32,40)/t13?,14?,15-,18-,24-,30-/m0/s1. The second-order valence-electron chi connectivity index (χ2n) is 12.7. The Labute approximate surface area is 236 Å². The van der Waals surface area contributed by atoms with Gasteiger partial charge in [-0.1, -0.05) is 12.8 Å². The highest BCUT2D eigenvalue weighted by atomic mass is 19.1. The van der Waals surface area contributed by atoms with Crippen LogP contribution in [0.5, 0.6) is 5.75 Å². The number of likely N-dealkylation sites (tertiary alicyclic amines) is 1. The molecule has 2 unspecified atom stereocenters. The quantitative estimate of drug-likeness (QED) is 0.341. The predicted octanol–water partition coefficient (Wildman–Crippen LogP) is 1.88. The number of aliphatic hydroxyl groups excluding tert-OH is 2. The highest BCUT2D eigenvalue weighted by Gasteiger charge is 2.63. The average molecular weight is 570 g/mol. The number of ketones is 2. The van der Waals surface area contributed by atoms with Gasteiger partial charge in [0.05, 0.1) is 11.6 Å². The second-order valence-corrected chi connectivity index (χ2v) is 12.7. The number of carbonyl (C=O) groups is 3. The number of allylic oxidation sites excluding steroid dienone is 1. The number of phenolic OH excluding ortho intramolecular Hbond substituents is 1. The molecule has 11 heteroatoms. The molecule has 1 saturated heterocycles. The summed E-state index contributed by atoms with van der Waals surface area (Å²) in [6, 6.07) is 0.162. The summed E-state index contributed by atoms with van der Waals surface area (Å²) in [5, 5.41) is 44.8. The lowest BCUT2D eigenvalue weighted by Crippen LogP contribution is -2.63. The van der Waals surface area contributed by atoms with Gasteiger partial charge in [-0.15, -0.1) is 0 Å². The van der Waals surface area contributed by atoms with Crippen molar-refractivity contribution in [3.8, 4) is 5.75 Å². The first-order valence-corrected chi connectivity index (χ1v) is 14.3. The Morgan fingerprint density at radius 2 is 1.78 bits per heavy atom. The van der Waals surface area contributed by atoms with Crippen LogP contribution in [0, 0.1) is 29.5 Å². The molecule has 1 aliphatic heterocycles. The van der Waals surface area contributed by atoms with Gasteiger partial charge in [-0.3, -0.25) is 24.2 Å². The van der Waals surface area contributed by atoms with E-state index in [1.165, 1.54) is 36.6 Å². The van der Waals surface area contributed by atoms with Crippen LogP contribution in [-0.4, -0.2) is 86.5 Å². The fourth-order valence-corrected chi connectivity index (χ4v) is 8.34. The van der Waals surface area contributed by atoms with E-state index in [0.29, 0.717) is 23.9 Å². The van der Waals surface area contributed by atoms with Gasteiger partial charge in [0.1, 0.15) is 28.7 Å². The van der Waals surface area contributed by atoms with Crippen molar-refractivity contribution in [1.29, 1.82) is 0 Å². The molecule has 1 amide bonds. The maximum Gasteiger partial charge on any atom is 0.255 e. The van der Waals surface area contributed by atoms with Crippen molar-refractivity contribution in [3.05, 3.63) is 51.2 Å². The Morgan fingerprint density at radius 3 is 2.37 bits per heavy atom. The molecule has 10 nitrogen and oxygen atoms in total. The molecule has 4 aliphatic carbocycles. The first-order chi connectivity index (χ1) is 19.4. The molecule has 1 aromatic carbocycles. The lowest BCUT2D eigenvalue weighted by molar-refractivity contribution is -0.148. The van der Waals surface area contributed by atoms with E-state index < -0.39 is 69.6 Å². The number of Topliss-reactive ketones (excluding diaryl/α,β-unsaturated/α-hetero) is 2. The van der Waals surface area contributed by atoms with E-state index in [1.807, 2.05) is 0 Å². The van der Waals surface area contributed by atoms with Crippen LogP contribution in [0.3, 0.4) is 0 Å². The van der Waals surface area contributed by atoms with E-state index in [0.717, 1.165) is 13.1 Å². The van der Waals surface area contributed by atoms with Gasteiger partial charge in [0.25, 0.3) is 5.91 Å². The highest BCUT2D eigenvalue weighted by Crippen LogP contribution is 2.52. The average Bonchev–Trinajstić information content (AvgIpc) is 3.31. The third-order valence-corrected chi connectivity index (χ3v) is 10.2.